The molecule has 0 saturated heterocycles. The molecule has 4 rings (SSSR count). The van der Waals surface area contributed by atoms with E-state index >= 15 is 0 Å². The first-order valence-electron chi connectivity index (χ1n) is 11.1. The van der Waals surface area contributed by atoms with E-state index < -0.39 is 5.54 Å². The number of ether oxygens (including phenoxy) is 3. The Balaban J connectivity index is 1.58. The zero-order valence-electron chi connectivity index (χ0n) is 19.5. The van der Waals surface area contributed by atoms with Gasteiger partial charge in [0.05, 0.1) is 13.5 Å². The van der Waals surface area contributed by atoms with Gasteiger partial charge in [-0.15, -0.1) is 0 Å². The fourth-order valence-electron chi connectivity index (χ4n) is 3.76. The van der Waals surface area contributed by atoms with Crippen LogP contribution in [0.3, 0.4) is 0 Å². The number of methoxy groups -OCH3 is 1. The van der Waals surface area contributed by atoms with Crippen molar-refractivity contribution in [2.24, 2.45) is 0 Å². The van der Waals surface area contributed by atoms with Gasteiger partial charge in [0.1, 0.15) is 11.3 Å². The molecule has 0 aromatic heterocycles. The molecule has 1 aliphatic heterocycles. The van der Waals surface area contributed by atoms with Crippen LogP contribution in [0.25, 0.3) is 0 Å². The predicted octanol–water partition coefficient (Wildman–Crippen LogP) is 4.41. The second-order valence-electron chi connectivity index (χ2n) is 8.57. The molecular weight excluding hydrogens is 432 g/mol. The van der Waals surface area contributed by atoms with Crippen LogP contribution in [0.2, 0.25) is 0 Å². The van der Waals surface area contributed by atoms with Crippen LogP contribution in [0.5, 0.6) is 17.2 Å². The Morgan fingerprint density at radius 2 is 1.65 bits per heavy atom. The summed E-state index contributed by atoms with van der Waals surface area (Å²) in [6, 6.07) is 22.2. The van der Waals surface area contributed by atoms with Crippen LogP contribution < -0.4 is 19.5 Å². The number of anilines is 1. The zero-order valence-corrected chi connectivity index (χ0v) is 19.5. The highest BCUT2D eigenvalue weighted by Crippen LogP contribution is 2.34. The van der Waals surface area contributed by atoms with E-state index in [0.717, 1.165) is 16.9 Å². The molecule has 0 aliphatic carbocycles. The maximum absolute atomic E-state index is 13.5. The molecule has 1 heterocycles. The average molecular weight is 461 g/mol. The highest BCUT2D eigenvalue weighted by atomic mass is 16.7. The Hall–Kier alpha value is -4.00. The van der Waals surface area contributed by atoms with E-state index in [1.54, 1.807) is 44.1 Å². The van der Waals surface area contributed by atoms with Crippen LogP contribution in [0, 0.1) is 0 Å². The Morgan fingerprint density at radius 3 is 2.35 bits per heavy atom. The Bertz CT molecular complexity index is 1160. The fraction of sp³-hybridized carbons (Fsp3) is 0.259. The third-order valence-corrected chi connectivity index (χ3v) is 5.86. The third-order valence-electron chi connectivity index (χ3n) is 5.86. The number of fused-ring (bicyclic) bond motifs is 1. The summed E-state index contributed by atoms with van der Waals surface area (Å²) in [5, 5.41) is 2.93. The number of rotatable bonds is 8. The van der Waals surface area contributed by atoms with Gasteiger partial charge in [-0.25, -0.2) is 0 Å². The van der Waals surface area contributed by atoms with Crippen LogP contribution in [0.4, 0.5) is 5.69 Å². The van der Waals surface area contributed by atoms with E-state index in [1.807, 2.05) is 54.6 Å². The lowest BCUT2D eigenvalue weighted by atomic mass is 9.98. The molecule has 7 heteroatoms. The smallest absolute Gasteiger partial charge is 0.249 e. The fourth-order valence-corrected chi connectivity index (χ4v) is 3.76. The maximum Gasteiger partial charge on any atom is 0.249 e. The minimum Gasteiger partial charge on any atom is -0.497 e. The molecule has 0 unspecified atom stereocenters. The van der Waals surface area contributed by atoms with Gasteiger partial charge in [-0.1, -0.05) is 42.5 Å². The topological polar surface area (TPSA) is 77.1 Å². The first-order valence-corrected chi connectivity index (χ1v) is 11.1. The number of carbonyl (C=O) groups excluding carboxylic acids is 2. The number of amides is 2. The second-order valence-corrected chi connectivity index (χ2v) is 8.57. The van der Waals surface area contributed by atoms with E-state index in [1.165, 1.54) is 0 Å². The van der Waals surface area contributed by atoms with Crippen LogP contribution >= 0.6 is 0 Å². The lowest BCUT2D eigenvalue weighted by molar-refractivity contribution is -0.144. The van der Waals surface area contributed by atoms with Crippen molar-refractivity contribution in [1.29, 1.82) is 0 Å². The minimum absolute atomic E-state index is 0.146. The molecule has 0 fully saturated rings. The zero-order chi connectivity index (χ0) is 24.1. The summed E-state index contributed by atoms with van der Waals surface area (Å²) in [5.41, 5.74) is 1.22. The quantitative estimate of drug-likeness (QED) is 0.539. The molecule has 34 heavy (non-hydrogen) atoms. The first-order chi connectivity index (χ1) is 16.4. The van der Waals surface area contributed by atoms with Crippen molar-refractivity contribution in [3.63, 3.8) is 0 Å². The molecule has 2 amide bonds. The number of hydrogen-bond donors (Lipinski definition) is 1. The van der Waals surface area contributed by atoms with E-state index in [0.29, 0.717) is 17.2 Å². The Morgan fingerprint density at radius 1 is 0.941 bits per heavy atom. The molecule has 176 valence electrons. The molecule has 1 N–H and O–H groups in total. The Kier molecular flexibility index (Phi) is 6.72. The molecule has 0 bridgehead atoms. The summed E-state index contributed by atoms with van der Waals surface area (Å²) in [5.74, 6) is 1.49. The van der Waals surface area contributed by atoms with Gasteiger partial charge in [0.15, 0.2) is 11.5 Å². The summed E-state index contributed by atoms with van der Waals surface area (Å²) in [7, 11) is 1.61. The Labute approximate surface area is 199 Å². The van der Waals surface area contributed by atoms with E-state index in [4.69, 9.17) is 14.2 Å². The van der Waals surface area contributed by atoms with Gasteiger partial charge in [0.25, 0.3) is 0 Å². The van der Waals surface area contributed by atoms with E-state index in [2.05, 4.69) is 5.32 Å². The largest absolute Gasteiger partial charge is 0.497 e. The number of hydrogen-bond acceptors (Lipinski definition) is 5. The summed E-state index contributed by atoms with van der Waals surface area (Å²) in [6.45, 7) is 3.93. The molecule has 3 aromatic rings. The second kappa shape index (κ2) is 9.87. The van der Waals surface area contributed by atoms with Gasteiger partial charge in [-0.05, 0) is 49.2 Å². The van der Waals surface area contributed by atoms with Gasteiger partial charge in [0, 0.05) is 18.3 Å². The molecular formula is C27H28N2O5. The van der Waals surface area contributed by atoms with Crippen LogP contribution in [0.1, 0.15) is 25.0 Å². The summed E-state index contributed by atoms with van der Waals surface area (Å²) >= 11 is 0. The van der Waals surface area contributed by atoms with Gasteiger partial charge in [-0.3, -0.25) is 9.59 Å². The summed E-state index contributed by atoms with van der Waals surface area (Å²) in [4.78, 5) is 28.5. The predicted molar refractivity (Wildman–Crippen MR) is 129 cm³/mol. The van der Waals surface area contributed by atoms with Gasteiger partial charge >= 0.3 is 0 Å². The van der Waals surface area contributed by atoms with Crippen molar-refractivity contribution >= 4 is 17.5 Å². The van der Waals surface area contributed by atoms with Crippen LogP contribution in [-0.4, -0.2) is 36.2 Å². The minimum atomic E-state index is -1.14. The standard InChI is InChI=1S/C27H28N2O5/c1-27(2,26(31)28-21-11-14-23-24(16-21)34-18-33-23)29(17-20-9-12-22(32-3)13-10-20)25(30)15-19-7-5-4-6-8-19/h4-14,16H,15,17-18H2,1-3H3,(H,28,31). The van der Waals surface area contributed by atoms with Crippen molar-refractivity contribution in [3.05, 3.63) is 83.9 Å². The normalized spacial score (nSPS) is 12.2. The van der Waals surface area contributed by atoms with Crippen molar-refractivity contribution in [3.8, 4) is 17.2 Å². The number of nitrogens with zero attached hydrogens (tertiary/aromatic N) is 1. The van der Waals surface area contributed by atoms with Crippen molar-refractivity contribution in [1.82, 2.24) is 4.90 Å². The third kappa shape index (κ3) is 5.14. The molecule has 0 spiro atoms. The number of nitrogens with one attached hydrogen (secondary N) is 1. The average Bonchev–Trinajstić information content (AvgIpc) is 3.31. The van der Waals surface area contributed by atoms with Crippen molar-refractivity contribution < 1.29 is 23.8 Å². The molecule has 3 aromatic carbocycles. The molecule has 7 nitrogen and oxygen atoms in total. The lowest BCUT2D eigenvalue weighted by Gasteiger charge is -2.37. The van der Waals surface area contributed by atoms with Gasteiger partial charge < -0.3 is 24.4 Å². The number of benzene rings is 3. The van der Waals surface area contributed by atoms with Crippen LogP contribution in [-0.2, 0) is 22.6 Å². The molecule has 0 saturated carbocycles. The SMILES string of the molecule is COc1ccc(CN(C(=O)Cc2ccccc2)C(C)(C)C(=O)Nc2ccc3c(c2)OCO3)cc1. The molecule has 0 atom stereocenters. The molecule has 0 radical (unpaired) electrons. The van der Waals surface area contributed by atoms with Gasteiger partial charge in [-0.2, -0.15) is 0 Å². The van der Waals surface area contributed by atoms with E-state index in [9.17, 15) is 9.59 Å². The lowest BCUT2D eigenvalue weighted by Crippen LogP contribution is -2.55. The monoisotopic (exact) mass is 460 g/mol. The number of carbonyl (C=O) groups is 2. The van der Waals surface area contributed by atoms with Crippen LogP contribution in [0.15, 0.2) is 72.8 Å². The summed E-state index contributed by atoms with van der Waals surface area (Å²) in [6.07, 6.45) is 0.192. The van der Waals surface area contributed by atoms with Gasteiger partial charge in [0.2, 0.25) is 18.6 Å². The van der Waals surface area contributed by atoms with Crippen molar-refractivity contribution in [2.45, 2.75) is 32.4 Å². The highest BCUT2D eigenvalue weighted by Gasteiger charge is 2.38. The maximum atomic E-state index is 13.5. The molecule has 1 aliphatic rings. The van der Waals surface area contributed by atoms with E-state index in [-0.39, 0.29) is 31.6 Å². The van der Waals surface area contributed by atoms with Crippen molar-refractivity contribution in [2.75, 3.05) is 19.2 Å². The highest BCUT2D eigenvalue weighted by molar-refractivity contribution is 6.00. The first kappa shape index (κ1) is 23.2. The summed E-state index contributed by atoms with van der Waals surface area (Å²) < 4.78 is 16.0.